The number of aromatic amines is 1. The third-order valence-electron chi connectivity index (χ3n) is 4.50. The van der Waals surface area contributed by atoms with Crippen molar-refractivity contribution >= 4 is 21.6 Å². The van der Waals surface area contributed by atoms with Gasteiger partial charge in [0.15, 0.2) is 0 Å². The Hall–Kier alpha value is -3.14. The number of carbonyl (C=O) groups is 1. The number of H-pyrrole nitrogens is 1. The van der Waals surface area contributed by atoms with E-state index in [9.17, 15) is 13.2 Å². The van der Waals surface area contributed by atoms with Crippen LogP contribution in [0.5, 0.6) is 0 Å². The number of amides is 1. The Bertz CT molecular complexity index is 1100. The minimum absolute atomic E-state index is 0.0219. The molecule has 0 aliphatic carbocycles. The van der Waals surface area contributed by atoms with Gasteiger partial charge in [-0.05, 0) is 38.0 Å². The summed E-state index contributed by atoms with van der Waals surface area (Å²) in [6.07, 6.45) is 3.25. The van der Waals surface area contributed by atoms with Gasteiger partial charge in [0.2, 0.25) is 0 Å². The summed E-state index contributed by atoms with van der Waals surface area (Å²) in [5.74, 6) is -0.357. The van der Waals surface area contributed by atoms with Crippen LogP contribution in [0.15, 0.2) is 45.8 Å². The molecule has 3 heterocycles. The first-order valence-electron chi connectivity index (χ1n) is 8.83. The lowest BCUT2D eigenvalue weighted by molar-refractivity contribution is 0.0754. The topological polar surface area (TPSA) is 121 Å². The van der Waals surface area contributed by atoms with Gasteiger partial charge in [0, 0.05) is 25.0 Å². The summed E-state index contributed by atoms with van der Waals surface area (Å²) in [6, 6.07) is 8.40. The maximum Gasteiger partial charge on any atom is 0.311 e. The number of nitrogens with one attached hydrogen (secondary N) is 2. The van der Waals surface area contributed by atoms with E-state index in [-0.39, 0.29) is 22.6 Å². The Morgan fingerprint density at radius 2 is 1.89 bits per heavy atom. The SMILES string of the molecule is Cc1ccc(NS(=O)(=O)c2c[nH]c(-c3nnc(C(=O)N4CCCC4)o3)c2)cc1. The van der Waals surface area contributed by atoms with Crippen molar-refractivity contribution in [2.75, 3.05) is 17.8 Å². The Morgan fingerprint density at radius 1 is 1.18 bits per heavy atom. The van der Waals surface area contributed by atoms with Gasteiger partial charge in [0.1, 0.15) is 10.6 Å². The molecule has 10 heteroatoms. The molecular formula is C18H19N5O4S. The molecule has 1 saturated heterocycles. The van der Waals surface area contributed by atoms with Gasteiger partial charge in [-0.1, -0.05) is 17.7 Å². The fourth-order valence-electron chi connectivity index (χ4n) is 2.96. The van der Waals surface area contributed by atoms with Gasteiger partial charge in [-0.15, -0.1) is 10.2 Å². The second-order valence-electron chi connectivity index (χ2n) is 6.63. The summed E-state index contributed by atoms with van der Waals surface area (Å²) in [4.78, 5) is 16.8. The van der Waals surface area contributed by atoms with E-state index in [2.05, 4.69) is 19.9 Å². The Kier molecular flexibility index (Phi) is 4.63. The van der Waals surface area contributed by atoms with Crippen molar-refractivity contribution in [3.05, 3.63) is 48.0 Å². The number of sulfonamides is 1. The van der Waals surface area contributed by atoms with Crippen LogP contribution in [0, 0.1) is 6.92 Å². The highest BCUT2D eigenvalue weighted by molar-refractivity contribution is 7.92. The molecule has 3 aromatic rings. The highest BCUT2D eigenvalue weighted by Crippen LogP contribution is 2.23. The first-order valence-corrected chi connectivity index (χ1v) is 10.3. The number of aryl methyl sites for hydroxylation is 1. The number of anilines is 1. The number of carbonyl (C=O) groups excluding carboxylic acids is 1. The van der Waals surface area contributed by atoms with E-state index in [1.807, 2.05) is 19.1 Å². The van der Waals surface area contributed by atoms with Crippen molar-refractivity contribution in [3.63, 3.8) is 0 Å². The molecule has 146 valence electrons. The van der Waals surface area contributed by atoms with Gasteiger partial charge in [-0.2, -0.15) is 0 Å². The molecule has 0 spiro atoms. The van der Waals surface area contributed by atoms with Gasteiger partial charge < -0.3 is 14.3 Å². The third-order valence-corrected chi connectivity index (χ3v) is 5.86. The predicted molar refractivity (Wildman–Crippen MR) is 101 cm³/mol. The number of benzene rings is 1. The maximum atomic E-state index is 12.6. The summed E-state index contributed by atoms with van der Waals surface area (Å²) < 4.78 is 33.1. The van der Waals surface area contributed by atoms with Crippen molar-refractivity contribution in [1.82, 2.24) is 20.1 Å². The zero-order valence-corrected chi connectivity index (χ0v) is 16.0. The summed E-state index contributed by atoms with van der Waals surface area (Å²) in [5.41, 5.74) is 1.81. The second-order valence-corrected chi connectivity index (χ2v) is 8.31. The van der Waals surface area contributed by atoms with Crippen molar-refractivity contribution in [2.24, 2.45) is 0 Å². The minimum atomic E-state index is -3.78. The molecule has 2 N–H and O–H groups in total. The number of hydrogen-bond donors (Lipinski definition) is 2. The van der Waals surface area contributed by atoms with Crippen LogP contribution in [0.3, 0.4) is 0 Å². The van der Waals surface area contributed by atoms with Gasteiger partial charge in [-0.3, -0.25) is 9.52 Å². The lowest BCUT2D eigenvalue weighted by Gasteiger charge is -2.11. The zero-order chi connectivity index (χ0) is 19.7. The molecule has 1 aliphatic rings. The largest absolute Gasteiger partial charge is 0.411 e. The predicted octanol–water partition coefficient (Wildman–Crippen LogP) is 2.41. The maximum absolute atomic E-state index is 12.6. The molecule has 0 atom stereocenters. The van der Waals surface area contributed by atoms with Crippen LogP contribution in [0.2, 0.25) is 0 Å². The second kappa shape index (κ2) is 7.12. The smallest absolute Gasteiger partial charge is 0.311 e. The summed E-state index contributed by atoms with van der Waals surface area (Å²) in [7, 11) is -3.78. The minimum Gasteiger partial charge on any atom is -0.411 e. The van der Waals surface area contributed by atoms with Gasteiger partial charge >= 0.3 is 11.8 Å². The fourth-order valence-corrected chi connectivity index (χ4v) is 4.01. The average molecular weight is 401 g/mol. The van der Waals surface area contributed by atoms with Crippen LogP contribution in [-0.4, -0.2) is 47.5 Å². The standard InChI is InChI=1S/C18H19N5O4S/c1-12-4-6-13(7-5-12)22-28(25,26)14-10-15(19-11-14)16-20-21-17(27-16)18(24)23-8-2-3-9-23/h4-7,10-11,19,22H,2-3,8-9H2,1H3. The van der Waals surface area contributed by atoms with Crippen LogP contribution in [0.1, 0.15) is 29.1 Å². The van der Waals surface area contributed by atoms with Crippen molar-refractivity contribution in [2.45, 2.75) is 24.7 Å². The monoisotopic (exact) mass is 401 g/mol. The fraction of sp³-hybridized carbons (Fsp3) is 0.278. The molecule has 4 rings (SSSR count). The highest BCUT2D eigenvalue weighted by atomic mass is 32.2. The Labute approximate surface area is 161 Å². The van der Waals surface area contributed by atoms with Crippen LogP contribution >= 0.6 is 0 Å². The quantitative estimate of drug-likeness (QED) is 0.677. The molecule has 2 aromatic heterocycles. The molecule has 1 fully saturated rings. The Balaban J connectivity index is 1.52. The molecule has 0 saturated carbocycles. The van der Waals surface area contributed by atoms with Gasteiger partial charge in [-0.25, -0.2) is 8.42 Å². The third kappa shape index (κ3) is 3.63. The van der Waals surface area contributed by atoms with Crippen molar-refractivity contribution in [1.29, 1.82) is 0 Å². The average Bonchev–Trinajstić information content (AvgIpc) is 3.42. The lowest BCUT2D eigenvalue weighted by Crippen LogP contribution is -2.27. The van der Waals surface area contributed by atoms with Crippen LogP contribution in [0.4, 0.5) is 5.69 Å². The van der Waals surface area contributed by atoms with E-state index in [4.69, 9.17) is 4.42 Å². The van der Waals surface area contributed by atoms with Crippen molar-refractivity contribution in [3.8, 4) is 11.6 Å². The summed E-state index contributed by atoms with van der Waals surface area (Å²) in [5, 5.41) is 7.65. The number of aromatic nitrogens is 3. The molecule has 28 heavy (non-hydrogen) atoms. The summed E-state index contributed by atoms with van der Waals surface area (Å²) >= 11 is 0. The molecule has 0 bridgehead atoms. The molecule has 1 aliphatic heterocycles. The number of nitrogens with zero attached hydrogens (tertiary/aromatic N) is 3. The summed E-state index contributed by atoms with van der Waals surface area (Å²) in [6.45, 7) is 3.27. The number of hydrogen-bond acceptors (Lipinski definition) is 6. The van der Waals surface area contributed by atoms with E-state index in [1.54, 1.807) is 17.0 Å². The first-order chi connectivity index (χ1) is 13.4. The van der Waals surface area contributed by atoms with Crippen molar-refractivity contribution < 1.29 is 17.6 Å². The van der Waals surface area contributed by atoms with E-state index in [0.29, 0.717) is 24.5 Å². The molecule has 9 nitrogen and oxygen atoms in total. The van der Waals surface area contributed by atoms with E-state index < -0.39 is 10.0 Å². The van der Waals surface area contributed by atoms with Gasteiger partial charge in [0.25, 0.3) is 15.9 Å². The van der Waals surface area contributed by atoms with Gasteiger partial charge in [0.05, 0.1) is 0 Å². The molecule has 1 amide bonds. The normalized spacial score (nSPS) is 14.4. The van der Waals surface area contributed by atoms with Crippen LogP contribution in [0.25, 0.3) is 11.6 Å². The van der Waals surface area contributed by atoms with Crippen LogP contribution in [-0.2, 0) is 10.0 Å². The highest BCUT2D eigenvalue weighted by Gasteiger charge is 2.25. The molecule has 0 unspecified atom stereocenters. The Morgan fingerprint density at radius 3 is 2.61 bits per heavy atom. The number of rotatable bonds is 5. The molecule has 1 aromatic carbocycles. The van der Waals surface area contributed by atoms with E-state index in [0.717, 1.165) is 18.4 Å². The number of likely N-dealkylation sites (tertiary alicyclic amines) is 1. The molecular weight excluding hydrogens is 382 g/mol. The zero-order valence-electron chi connectivity index (χ0n) is 15.2. The van der Waals surface area contributed by atoms with Crippen LogP contribution < -0.4 is 4.72 Å². The van der Waals surface area contributed by atoms with E-state index >= 15 is 0 Å². The molecule has 0 radical (unpaired) electrons. The first kappa shape index (κ1) is 18.2. The van der Waals surface area contributed by atoms with E-state index in [1.165, 1.54) is 12.3 Å². The lowest BCUT2D eigenvalue weighted by atomic mass is 10.2.